The van der Waals surface area contributed by atoms with E-state index in [0.717, 1.165) is 6.42 Å². The minimum absolute atomic E-state index is 0.982. The molecule has 2 aliphatic carbocycles. The topological polar surface area (TPSA) is 0 Å². The minimum atomic E-state index is 0.982. The molecule has 0 fully saturated rings. The Morgan fingerprint density at radius 1 is 0.688 bits per heavy atom. The zero-order valence-corrected chi connectivity index (χ0v) is 9.21. The Morgan fingerprint density at radius 2 is 1.38 bits per heavy atom. The Kier molecular flexibility index (Phi) is 3.84. The Labute approximate surface area is 97.4 Å². The Balaban J connectivity index is 2.34. The molecule has 0 saturated carbocycles. The van der Waals surface area contributed by atoms with Gasteiger partial charge in [0.25, 0.3) is 0 Å². The molecule has 0 aromatic heterocycles. The molecule has 0 heteroatoms. The molecule has 0 aromatic rings. The van der Waals surface area contributed by atoms with Crippen molar-refractivity contribution in [2.45, 2.75) is 6.42 Å². The quantitative estimate of drug-likeness (QED) is 0.521. The van der Waals surface area contributed by atoms with E-state index in [9.17, 15) is 0 Å². The third-order valence-corrected chi connectivity index (χ3v) is 2.43. The smallest absolute Gasteiger partial charge is 0.0466 e. The molecule has 2 rings (SSSR count). The van der Waals surface area contributed by atoms with Crippen LogP contribution < -0.4 is 0 Å². The van der Waals surface area contributed by atoms with E-state index in [1.807, 2.05) is 12.5 Å². The van der Waals surface area contributed by atoms with Crippen LogP contribution in [0.3, 0.4) is 0 Å². The van der Waals surface area contributed by atoms with E-state index >= 15 is 0 Å². The maximum absolute atomic E-state index is 2.16. The van der Waals surface area contributed by atoms with Crippen molar-refractivity contribution in [3.05, 3.63) is 90.5 Å². The van der Waals surface area contributed by atoms with E-state index in [2.05, 4.69) is 66.8 Å². The molecule has 2 aliphatic rings. The van der Waals surface area contributed by atoms with Crippen LogP contribution in [0.4, 0.5) is 0 Å². The van der Waals surface area contributed by atoms with Crippen LogP contribution >= 0.6 is 0 Å². The molecule has 16 heavy (non-hydrogen) atoms. The average molecular weight is 207 g/mol. The van der Waals surface area contributed by atoms with Crippen LogP contribution in [-0.4, -0.2) is 0 Å². The SMILES string of the molecule is C1=CC=C2C=CC=C[CH+]C=CC=C(C=C1)C2. The van der Waals surface area contributed by atoms with E-state index in [4.69, 9.17) is 0 Å². The molecule has 0 N–H and O–H groups in total. The monoisotopic (exact) mass is 207 g/mol. The van der Waals surface area contributed by atoms with E-state index < -0.39 is 0 Å². The van der Waals surface area contributed by atoms with Gasteiger partial charge in [-0.3, -0.25) is 0 Å². The predicted octanol–water partition coefficient (Wildman–Crippen LogP) is 4.24. The van der Waals surface area contributed by atoms with Crippen molar-refractivity contribution in [2.75, 3.05) is 0 Å². The standard InChI is InChI=1S/C16H15/c1-2-4-7-11-16-13-9-5-8-12-15(14-16)10-6-3-1/h1-13H,14H2/q+1. The second-order valence-corrected chi connectivity index (χ2v) is 3.73. The lowest BCUT2D eigenvalue weighted by Gasteiger charge is -2.03. The molecule has 0 radical (unpaired) electrons. The number of fused-ring (bicyclic) bond motifs is 2. The summed E-state index contributed by atoms with van der Waals surface area (Å²) in [6, 6.07) is 0. The van der Waals surface area contributed by atoms with Gasteiger partial charge in [-0.2, -0.15) is 0 Å². The molecule has 0 aromatic carbocycles. The summed E-state index contributed by atoms with van der Waals surface area (Å²) in [7, 11) is 0. The molecule has 0 spiro atoms. The molecule has 0 aliphatic heterocycles. The summed E-state index contributed by atoms with van der Waals surface area (Å²) in [6.45, 7) is 0. The van der Waals surface area contributed by atoms with Crippen LogP contribution in [-0.2, 0) is 0 Å². The second-order valence-electron chi connectivity index (χ2n) is 3.73. The first-order valence-corrected chi connectivity index (χ1v) is 5.53. The van der Waals surface area contributed by atoms with Crippen LogP contribution in [0.15, 0.2) is 84.1 Å². The molecular formula is C16H15+. The second kappa shape index (κ2) is 5.82. The highest BCUT2D eigenvalue weighted by molar-refractivity contribution is 5.40. The lowest BCUT2D eigenvalue weighted by atomic mass is 10.0. The van der Waals surface area contributed by atoms with Gasteiger partial charge >= 0.3 is 0 Å². The molecule has 0 atom stereocenters. The highest BCUT2D eigenvalue weighted by atomic mass is 14.0. The maximum atomic E-state index is 2.16. The zero-order chi connectivity index (χ0) is 11.1. The molecule has 2 bridgehead atoms. The van der Waals surface area contributed by atoms with Crippen molar-refractivity contribution in [1.82, 2.24) is 0 Å². The Morgan fingerprint density at radius 3 is 2.25 bits per heavy atom. The summed E-state index contributed by atoms with van der Waals surface area (Å²) >= 11 is 0. The summed E-state index contributed by atoms with van der Waals surface area (Å²) < 4.78 is 0. The fraction of sp³-hybridized carbons (Fsp3) is 0.0625. The predicted molar refractivity (Wildman–Crippen MR) is 70.8 cm³/mol. The fourth-order valence-electron chi connectivity index (χ4n) is 1.62. The first-order chi connectivity index (χ1) is 7.95. The van der Waals surface area contributed by atoms with Crippen LogP contribution in [0.25, 0.3) is 0 Å². The van der Waals surface area contributed by atoms with Gasteiger partial charge < -0.3 is 0 Å². The summed E-state index contributed by atoms with van der Waals surface area (Å²) in [6.07, 6.45) is 28.2. The summed E-state index contributed by atoms with van der Waals surface area (Å²) in [4.78, 5) is 0. The summed E-state index contributed by atoms with van der Waals surface area (Å²) in [5.74, 6) is 0. The number of allylic oxidation sites excluding steroid dienone is 14. The van der Waals surface area contributed by atoms with Crippen molar-refractivity contribution >= 4 is 0 Å². The lowest BCUT2D eigenvalue weighted by Crippen LogP contribution is -1.84. The molecular weight excluding hydrogens is 192 g/mol. The summed E-state index contributed by atoms with van der Waals surface area (Å²) in [5, 5.41) is 0. The minimum Gasteiger partial charge on any atom is -0.0622 e. The normalized spacial score (nSPS) is 19.0. The third-order valence-electron chi connectivity index (χ3n) is 2.43. The third kappa shape index (κ3) is 3.32. The highest BCUT2D eigenvalue weighted by Gasteiger charge is 1.99. The van der Waals surface area contributed by atoms with E-state index in [1.165, 1.54) is 11.1 Å². The van der Waals surface area contributed by atoms with Crippen LogP contribution in [0.1, 0.15) is 6.42 Å². The van der Waals surface area contributed by atoms with E-state index in [0.29, 0.717) is 0 Å². The van der Waals surface area contributed by atoms with Gasteiger partial charge in [0.2, 0.25) is 0 Å². The first kappa shape index (κ1) is 10.6. The van der Waals surface area contributed by atoms with Crippen molar-refractivity contribution in [3.63, 3.8) is 0 Å². The molecule has 0 amide bonds. The van der Waals surface area contributed by atoms with Gasteiger partial charge in [0.1, 0.15) is 0 Å². The number of rotatable bonds is 0. The van der Waals surface area contributed by atoms with Crippen molar-refractivity contribution in [3.8, 4) is 0 Å². The van der Waals surface area contributed by atoms with Gasteiger partial charge in [-0.1, -0.05) is 30.4 Å². The number of hydrogen-bond donors (Lipinski definition) is 0. The van der Waals surface area contributed by atoms with Gasteiger partial charge in [0.05, 0.1) is 0 Å². The fourth-order valence-corrected chi connectivity index (χ4v) is 1.62. The Bertz CT molecular complexity index is 435. The van der Waals surface area contributed by atoms with Gasteiger partial charge in [0, 0.05) is 30.7 Å². The molecule has 0 nitrogen and oxygen atoms in total. The maximum Gasteiger partial charge on any atom is 0.0466 e. The van der Waals surface area contributed by atoms with Crippen LogP contribution in [0.5, 0.6) is 0 Å². The summed E-state index contributed by atoms with van der Waals surface area (Å²) in [5.41, 5.74) is 2.65. The van der Waals surface area contributed by atoms with Crippen LogP contribution in [0.2, 0.25) is 0 Å². The van der Waals surface area contributed by atoms with Gasteiger partial charge in [-0.05, 0) is 35.8 Å². The van der Waals surface area contributed by atoms with Gasteiger partial charge in [0.15, 0.2) is 0 Å². The zero-order valence-electron chi connectivity index (χ0n) is 9.21. The van der Waals surface area contributed by atoms with Gasteiger partial charge in [-0.15, -0.1) is 0 Å². The lowest BCUT2D eigenvalue weighted by molar-refractivity contribution is 1.20. The Hall–Kier alpha value is -1.95. The highest BCUT2D eigenvalue weighted by Crippen LogP contribution is 2.16. The number of hydrogen-bond acceptors (Lipinski definition) is 0. The van der Waals surface area contributed by atoms with E-state index in [1.54, 1.807) is 0 Å². The van der Waals surface area contributed by atoms with Crippen molar-refractivity contribution in [2.24, 2.45) is 0 Å². The molecule has 0 saturated heterocycles. The molecule has 0 heterocycles. The van der Waals surface area contributed by atoms with Crippen LogP contribution in [0, 0.1) is 6.42 Å². The largest absolute Gasteiger partial charge is 0.0622 e. The molecule has 78 valence electrons. The first-order valence-electron chi connectivity index (χ1n) is 5.53. The average Bonchev–Trinajstić information content (AvgIpc) is 2.30. The molecule has 0 unspecified atom stereocenters. The van der Waals surface area contributed by atoms with Crippen molar-refractivity contribution < 1.29 is 0 Å². The van der Waals surface area contributed by atoms with Crippen molar-refractivity contribution in [1.29, 1.82) is 0 Å². The van der Waals surface area contributed by atoms with Gasteiger partial charge in [-0.25, -0.2) is 0 Å². The van der Waals surface area contributed by atoms with E-state index in [-0.39, 0.29) is 0 Å².